The molecule has 0 aliphatic heterocycles. The third-order valence-electron chi connectivity index (χ3n) is 8.51. The van der Waals surface area contributed by atoms with Gasteiger partial charge in [-0.15, -0.1) is 0 Å². The summed E-state index contributed by atoms with van der Waals surface area (Å²) in [5.74, 6) is 0.164. The van der Waals surface area contributed by atoms with Crippen molar-refractivity contribution in [2.24, 2.45) is 16.7 Å². The lowest BCUT2D eigenvalue weighted by atomic mass is 9.67. The molecule has 44 heavy (non-hydrogen) atoms. The molecule has 0 heterocycles. The average Bonchev–Trinajstić information content (AvgIpc) is 2.92. The maximum Gasteiger partial charge on any atom is 0.101 e. The van der Waals surface area contributed by atoms with E-state index >= 15 is 0 Å². The van der Waals surface area contributed by atoms with Gasteiger partial charge in [-0.3, -0.25) is 0 Å². The van der Waals surface area contributed by atoms with Gasteiger partial charge in [0.25, 0.3) is 0 Å². The Hall–Kier alpha value is -2.98. The van der Waals surface area contributed by atoms with Crippen molar-refractivity contribution in [1.29, 1.82) is 0 Å². The van der Waals surface area contributed by atoms with Crippen LogP contribution in [0.1, 0.15) is 76.2 Å². The topological polar surface area (TPSA) is 60.7 Å². The molecular weight excluding hydrogens is 540 g/mol. The first-order valence-electron chi connectivity index (χ1n) is 15.7. The van der Waals surface area contributed by atoms with Crippen LogP contribution in [-0.4, -0.2) is 33.6 Å². The number of rotatable bonds is 10. The van der Waals surface area contributed by atoms with Crippen molar-refractivity contribution < 1.29 is 15.3 Å². The monoisotopic (exact) mass is 596 g/mol. The summed E-state index contributed by atoms with van der Waals surface area (Å²) in [5, 5.41) is 30.8. The average molecular weight is 597 g/mol. The standard InChI is InChI=1S/C41H56O3/c1-28(18-14-20-30(3)22-24-35-33(6)38(43)32(5)26-40(35,8)9)16-12-13-17-29(2)19-15-21-31(4)23-25-36-34(7)39(44)37(42)27-41(36,10)11/h12-27,32,37-39,42-44H,1-11H3/b13-12+,18-14+,19-15+,24-22+,25-23+,28-16+,29-17+,30-20+,31-21+. The molecule has 3 heteroatoms. The Labute approximate surface area is 268 Å². The third-order valence-corrected chi connectivity index (χ3v) is 8.51. The molecule has 0 amide bonds. The van der Waals surface area contributed by atoms with Crippen LogP contribution in [0.25, 0.3) is 0 Å². The molecule has 0 saturated carbocycles. The fraction of sp³-hybridized carbons (Fsp3) is 0.415. The van der Waals surface area contributed by atoms with Crippen molar-refractivity contribution >= 4 is 0 Å². The molecule has 0 saturated heterocycles. The molecule has 3 N–H and O–H groups in total. The minimum absolute atomic E-state index is 0.0580. The van der Waals surface area contributed by atoms with Crippen LogP contribution in [0.5, 0.6) is 0 Å². The van der Waals surface area contributed by atoms with Gasteiger partial charge in [-0.25, -0.2) is 0 Å². The van der Waals surface area contributed by atoms with E-state index in [1.165, 1.54) is 5.57 Å². The Morgan fingerprint density at radius 3 is 1.39 bits per heavy atom. The van der Waals surface area contributed by atoms with Crippen LogP contribution in [-0.2, 0) is 0 Å². The fourth-order valence-corrected chi connectivity index (χ4v) is 5.89. The predicted octanol–water partition coefficient (Wildman–Crippen LogP) is 9.39. The normalized spacial score (nSPS) is 27.9. The highest BCUT2D eigenvalue weighted by Crippen LogP contribution is 2.43. The molecule has 238 valence electrons. The molecule has 4 unspecified atom stereocenters. The second kappa shape index (κ2) is 16.4. The highest BCUT2D eigenvalue weighted by atomic mass is 16.3. The molecule has 0 fully saturated rings. The number of hydrogen-bond acceptors (Lipinski definition) is 3. The molecule has 4 atom stereocenters. The highest BCUT2D eigenvalue weighted by molar-refractivity contribution is 5.43. The van der Waals surface area contributed by atoms with E-state index in [9.17, 15) is 15.3 Å². The molecule has 3 nitrogen and oxygen atoms in total. The van der Waals surface area contributed by atoms with Gasteiger partial charge in [-0.05, 0) is 87.0 Å². The minimum atomic E-state index is -0.849. The van der Waals surface area contributed by atoms with Crippen LogP contribution in [0.2, 0.25) is 0 Å². The van der Waals surface area contributed by atoms with Crippen molar-refractivity contribution in [2.45, 2.75) is 94.5 Å². The van der Waals surface area contributed by atoms with E-state index in [-0.39, 0.29) is 16.7 Å². The highest BCUT2D eigenvalue weighted by Gasteiger charge is 2.37. The maximum absolute atomic E-state index is 10.5. The van der Waals surface area contributed by atoms with Crippen LogP contribution in [0.3, 0.4) is 0 Å². The molecule has 2 aliphatic rings. The summed E-state index contributed by atoms with van der Waals surface area (Å²) in [7, 11) is 0. The molecule has 0 aromatic heterocycles. The first kappa shape index (κ1) is 37.2. The number of allylic oxidation sites excluding steroid dienone is 20. The van der Waals surface area contributed by atoms with Gasteiger partial charge in [0.1, 0.15) is 6.10 Å². The first-order valence-corrected chi connectivity index (χ1v) is 15.7. The minimum Gasteiger partial charge on any atom is -0.390 e. The smallest absolute Gasteiger partial charge is 0.101 e. The molecule has 2 rings (SSSR count). The number of aliphatic hydroxyl groups excluding tert-OH is 3. The van der Waals surface area contributed by atoms with E-state index < -0.39 is 18.3 Å². The number of hydrogen-bond donors (Lipinski definition) is 3. The van der Waals surface area contributed by atoms with Crippen LogP contribution < -0.4 is 0 Å². The quantitative estimate of drug-likeness (QED) is 0.220. The number of aliphatic hydroxyl groups is 3. The van der Waals surface area contributed by atoms with Crippen LogP contribution in [0, 0.1) is 29.6 Å². The van der Waals surface area contributed by atoms with E-state index in [2.05, 4.69) is 129 Å². The summed E-state index contributed by atoms with van der Waals surface area (Å²) in [5.41, 5.74) is 8.30. The molecule has 0 bridgehead atoms. The van der Waals surface area contributed by atoms with Gasteiger partial charge < -0.3 is 15.3 Å². The van der Waals surface area contributed by atoms with Gasteiger partial charge in [-0.1, -0.05) is 142 Å². The van der Waals surface area contributed by atoms with Crippen molar-refractivity contribution in [2.75, 3.05) is 0 Å². The zero-order valence-corrected chi connectivity index (χ0v) is 28.9. The van der Waals surface area contributed by atoms with E-state index in [1.807, 2.05) is 38.2 Å². The zero-order chi connectivity index (χ0) is 33.2. The Kier molecular flexibility index (Phi) is 13.8. The Bertz CT molecular complexity index is 1250. The first-order chi connectivity index (χ1) is 20.5. The van der Waals surface area contributed by atoms with E-state index in [0.717, 1.165) is 39.0 Å². The molecule has 0 aromatic rings. The maximum atomic E-state index is 10.5. The second-order valence-corrected chi connectivity index (χ2v) is 13.6. The van der Waals surface area contributed by atoms with Crippen LogP contribution >= 0.6 is 0 Å². The van der Waals surface area contributed by atoms with Gasteiger partial charge >= 0.3 is 0 Å². The Balaban J connectivity index is 1.94. The lowest BCUT2D eigenvalue weighted by molar-refractivity contribution is 0.0427. The third kappa shape index (κ3) is 10.9. The molecule has 2 aliphatic carbocycles. The predicted molar refractivity (Wildman–Crippen MR) is 189 cm³/mol. The lowest BCUT2D eigenvalue weighted by Crippen LogP contribution is -2.39. The lowest BCUT2D eigenvalue weighted by Gasteiger charge is -2.39. The van der Waals surface area contributed by atoms with Gasteiger partial charge in [0, 0.05) is 6.42 Å². The molecule has 0 aromatic carbocycles. The molecule has 2 radical (unpaired) electrons. The SMILES string of the molecule is CC1=C(/C=C/C(C)=C/C=C/C(C)=C/C=C/C=C(C)/C=C/C=C(C)/C=C/C2=C(C)C(O)C(O)[CH]C2(C)C)C(C)(C)[CH]C(C)C1O. The van der Waals surface area contributed by atoms with Crippen molar-refractivity contribution in [3.05, 3.63) is 142 Å². The summed E-state index contributed by atoms with van der Waals surface area (Å²) < 4.78 is 0. The fourth-order valence-electron chi connectivity index (χ4n) is 5.89. The van der Waals surface area contributed by atoms with E-state index in [1.54, 1.807) is 6.42 Å². The van der Waals surface area contributed by atoms with Gasteiger partial charge in [-0.2, -0.15) is 0 Å². The van der Waals surface area contributed by atoms with Crippen molar-refractivity contribution in [3.8, 4) is 0 Å². The Morgan fingerprint density at radius 2 is 0.932 bits per heavy atom. The molecule has 0 spiro atoms. The summed E-state index contributed by atoms with van der Waals surface area (Å²) in [6, 6.07) is 0. The van der Waals surface area contributed by atoms with E-state index in [0.29, 0.717) is 0 Å². The summed E-state index contributed by atoms with van der Waals surface area (Å²) in [4.78, 5) is 0. The summed E-state index contributed by atoms with van der Waals surface area (Å²) >= 11 is 0. The van der Waals surface area contributed by atoms with Crippen LogP contribution in [0.15, 0.2) is 130 Å². The summed E-state index contributed by atoms with van der Waals surface area (Å²) in [6.45, 7) is 22.8. The van der Waals surface area contributed by atoms with Crippen LogP contribution in [0.4, 0.5) is 0 Å². The van der Waals surface area contributed by atoms with Crippen molar-refractivity contribution in [3.63, 3.8) is 0 Å². The Morgan fingerprint density at radius 1 is 0.568 bits per heavy atom. The summed E-state index contributed by atoms with van der Waals surface area (Å²) in [6.07, 6.45) is 31.0. The van der Waals surface area contributed by atoms with Gasteiger partial charge in [0.05, 0.1) is 12.2 Å². The molecular formula is C41H56O3. The van der Waals surface area contributed by atoms with Crippen molar-refractivity contribution in [1.82, 2.24) is 0 Å². The second-order valence-electron chi connectivity index (χ2n) is 13.6. The van der Waals surface area contributed by atoms with Gasteiger partial charge in [0.2, 0.25) is 0 Å². The van der Waals surface area contributed by atoms with E-state index in [4.69, 9.17) is 0 Å². The largest absolute Gasteiger partial charge is 0.390 e. The zero-order valence-electron chi connectivity index (χ0n) is 28.9. The van der Waals surface area contributed by atoms with Gasteiger partial charge in [0.15, 0.2) is 0 Å².